The first kappa shape index (κ1) is 16.8. The van der Waals surface area contributed by atoms with E-state index < -0.39 is 0 Å². The summed E-state index contributed by atoms with van der Waals surface area (Å²) >= 11 is 0. The van der Waals surface area contributed by atoms with Crippen molar-refractivity contribution in [2.45, 2.75) is 13.0 Å². The third kappa shape index (κ3) is 3.22. The number of ether oxygens (including phenoxy) is 2. The van der Waals surface area contributed by atoms with Crippen molar-refractivity contribution in [1.29, 1.82) is 0 Å². The topological polar surface area (TPSA) is 67.8 Å². The molecule has 7 nitrogen and oxygen atoms in total. The van der Waals surface area contributed by atoms with E-state index in [0.29, 0.717) is 37.6 Å². The first-order valence-electron chi connectivity index (χ1n) is 8.86. The fourth-order valence-electron chi connectivity index (χ4n) is 3.37. The number of hydrogen-bond acceptors (Lipinski definition) is 6. The number of methoxy groups -OCH3 is 1. The summed E-state index contributed by atoms with van der Waals surface area (Å²) in [6.45, 7) is 4.12. The lowest BCUT2D eigenvalue weighted by molar-refractivity contribution is 0.0728. The van der Waals surface area contributed by atoms with Crippen molar-refractivity contribution in [1.82, 2.24) is 14.9 Å². The Labute approximate surface area is 152 Å². The summed E-state index contributed by atoms with van der Waals surface area (Å²) in [5.41, 5.74) is 2.63. The molecule has 1 fully saturated rings. The lowest BCUT2D eigenvalue weighted by Gasteiger charge is -2.31. The molecule has 26 heavy (non-hydrogen) atoms. The van der Waals surface area contributed by atoms with Gasteiger partial charge in [-0.2, -0.15) is 0 Å². The number of benzene rings is 1. The number of hydrogen-bond donors (Lipinski definition) is 0. The minimum Gasteiger partial charge on any atom is -0.496 e. The van der Waals surface area contributed by atoms with Gasteiger partial charge in [-0.05, 0) is 24.1 Å². The van der Waals surface area contributed by atoms with Gasteiger partial charge in [-0.1, -0.05) is 12.1 Å². The van der Waals surface area contributed by atoms with E-state index in [2.05, 4.69) is 9.88 Å². The summed E-state index contributed by atoms with van der Waals surface area (Å²) in [5, 5.41) is 0. The maximum atomic E-state index is 13.0. The minimum absolute atomic E-state index is 0.0281. The van der Waals surface area contributed by atoms with Crippen molar-refractivity contribution in [3.63, 3.8) is 0 Å². The van der Waals surface area contributed by atoms with Gasteiger partial charge in [-0.25, -0.2) is 9.97 Å². The third-order valence-electron chi connectivity index (χ3n) is 4.85. The molecule has 0 aliphatic carbocycles. The Kier molecular flexibility index (Phi) is 4.71. The molecule has 0 saturated carbocycles. The minimum atomic E-state index is -0.0281. The van der Waals surface area contributed by atoms with Crippen molar-refractivity contribution in [3.05, 3.63) is 47.3 Å². The van der Waals surface area contributed by atoms with Crippen LogP contribution in [0.5, 0.6) is 5.75 Å². The van der Waals surface area contributed by atoms with Crippen LogP contribution in [0.15, 0.2) is 30.5 Å². The number of rotatable bonds is 3. The highest BCUT2D eigenvalue weighted by Gasteiger charge is 2.26. The van der Waals surface area contributed by atoms with Gasteiger partial charge in [0.25, 0.3) is 5.91 Å². The second-order valence-corrected chi connectivity index (χ2v) is 6.42. The summed E-state index contributed by atoms with van der Waals surface area (Å²) in [4.78, 5) is 26.2. The largest absolute Gasteiger partial charge is 0.496 e. The molecule has 1 aromatic heterocycles. The molecule has 0 radical (unpaired) electrons. The molecule has 1 amide bonds. The summed E-state index contributed by atoms with van der Waals surface area (Å²) < 4.78 is 10.7. The molecule has 0 N–H and O–H groups in total. The average molecular weight is 354 g/mol. The fourth-order valence-corrected chi connectivity index (χ4v) is 3.37. The van der Waals surface area contributed by atoms with Gasteiger partial charge in [0.15, 0.2) is 0 Å². The molecule has 7 heteroatoms. The predicted octanol–water partition coefficient (Wildman–Crippen LogP) is 1.52. The lowest BCUT2D eigenvalue weighted by Crippen LogP contribution is -2.39. The van der Waals surface area contributed by atoms with Crippen LogP contribution >= 0.6 is 0 Å². The molecular weight excluding hydrogens is 332 g/mol. The molecular formula is C19H22N4O3. The standard InChI is InChI=1S/C19H22N4O3/c1-25-17-5-3-2-4-15(17)18(24)23-7-6-14-12-20-19(21-16(14)13-23)22-8-10-26-11-9-22/h2-5,12H,6-11,13H2,1H3. The van der Waals surface area contributed by atoms with E-state index in [9.17, 15) is 4.79 Å². The van der Waals surface area contributed by atoms with Crippen LogP contribution in [0, 0.1) is 0 Å². The second kappa shape index (κ2) is 7.29. The number of nitrogens with zero attached hydrogens (tertiary/aromatic N) is 4. The molecule has 1 aromatic carbocycles. The number of carbonyl (C=O) groups excluding carboxylic acids is 1. The molecule has 0 bridgehead atoms. The van der Waals surface area contributed by atoms with Crippen LogP contribution in [0.2, 0.25) is 0 Å². The first-order valence-corrected chi connectivity index (χ1v) is 8.86. The van der Waals surface area contributed by atoms with Crippen LogP contribution < -0.4 is 9.64 Å². The number of morpholine rings is 1. The zero-order chi connectivity index (χ0) is 17.9. The van der Waals surface area contributed by atoms with Crippen LogP contribution in [0.3, 0.4) is 0 Å². The SMILES string of the molecule is COc1ccccc1C(=O)N1CCc2cnc(N3CCOCC3)nc2C1. The first-order chi connectivity index (χ1) is 12.8. The fraction of sp³-hybridized carbons (Fsp3) is 0.421. The lowest BCUT2D eigenvalue weighted by atomic mass is 10.1. The Bertz CT molecular complexity index is 805. The summed E-state index contributed by atoms with van der Waals surface area (Å²) in [6.07, 6.45) is 2.66. The molecule has 2 aliphatic heterocycles. The molecule has 0 atom stereocenters. The number of aromatic nitrogens is 2. The molecule has 3 heterocycles. The molecule has 2 aliphatic rings. The highest BCUT2D eigenvalue weighted by molar-refractivity contribution is 5.97. The summed E-state index contributed by atoms with van der Waals surface area (Å²) in [7, 11) is 1.58. The maximum absolute atomic E-state index is 13.0. The Morgan fingerprint density at radius 3 is 2.81 bits per heavy atom. The summed E-state index contributed by atoms with van der Waals surface area (Å²) in [5.74, 6) is 1.29. The van der Waals surface area contributed by atoms with Crippen molar-refractivity contribution in [2.75, 3.05) is 44.9 Å². The molecule has 136 valence electrons. The van der Waals surface area contributed by atoms with E-state index in [1.54, 1.807) is 13.2 Å². The van der Waals surface area contributed by atoms with Crippen LogP contribution in [0.4, 0.5) is 5.95 Å². The van der Waals surface area contributed by atoms with E-state index in [1.165, 1.54) is 0 Å². The van der Waals surface area contributed by atoms with Crippen molar-refractivity contribution in [3.8, 4) is 5.75 Å². The predicted molar refractivity (Wildman–Crippen MR) is 96.5 cm³/mol. The van der Waals surface area contributed by atoms with Gasteiger partial charge < -0.3 is 19.3 Å². The quantitative estimate of drug-likeness (QED) is 0.833. The number of carbonyl (C=O) groups is 1. The number of amides is 1. The number of anilines is 1. The van der Waals surface area contributed by atoms with Gasteiger partial charge >= 0.3 is 0 Å². The van der Waals surface area contributed by atoms with E-state index in [0.717, 1.165) is 36.7 Å². The number of para-hydroxylation sites is 1. The molecule has 0 spiro atoms. The van der Waals surface area contributed by atoms with Gasteiger partial charge in [-0.15, -0.1) is 0 Å². The molecule has 4 rings (SSSR count). The number of fused-ring (bicyclic) bond motifs is 1. The van der Waals surface area contributed by atoms with E-state index >= 15 is 0 Å². The van der Waals surface area contributed by atoms with Crippen molar-refractivity contribution >= 4 is 11.9 Å². The molecule has 0 unspecified atom stereocenters. The van der Waals surface area contributed by atoms with Gasteiger partial charge in [0.1, 0.15) is 5.75 Å². The average Bonchev–Trinajstić information content (AvgIpc) is 2.73. The Morgan fingerprint density at radius 2 is 2.00 bits per heavy atom. The smallest absolute Gasteiger partial charge is 0.257 e. The Hall–Kier alpha value is -2.67. The van der Waals surface area contributed by atoms with Gasteiger partial charge in [0.2, 0.25) is 5.95 Å². The van der Waals surface area contributed by atoms with E-state index in [4.69, 9.17) is 14.5 Å². The van der Waals surface area contributed by atoms with Crippen LogP contribution in [0.1, 0.15) is 21.6 Å². The molecule has 1 saturated heterocycles. The molecule has 2 aromatic rings. The van der Waals surface area contributed by atoms with E-state index in [1.807, 2.05) is 29.3 Å². The van der Waals surface area contributed by atoms with E-state index in [-0.39, 0.29) is 5.91 Å². The van der Waals surface area contributed by atoms with Crippen LogP contribution in [-0.2, 0) is 17.7 Å². The zero-order valence-electron chi connectivity index (χ0n) is 14.9. The summed E-state index contributed by atoms with van der Waals surface area (Å²) in [6, 6.07) is 7.33. The normalized spacial score (nSPS) is 17.0. The zero-order valence-corrected chi connectivity index (χ0v) is 14.9. The van der Waals surface area contributed by atoms with Crippen molar-refractivity contribution in [2.24, 2.45) is 0 Å². The van der Waals surface area contributed by atoms with Gasteiger partial charge in [0, 0.05) is 25.8 Å². The van der Waals surface area contributed by atoms with Crippen molar-refractivity contribution < 1.29 is 14.3 Å². The monoisotopic (exact) mass is 354 g/mol. The Morgan fingerprint density at radius 1 is 1.19 bits per heavy atom. The van der Waals surface area contributed by atoms with Crippen LogP contribution in [0.25, 0.3) is 0 Å². The highest BCUT2D eigenvalue weighted by atomic mass is 16.5. The van der Waals surface area contributed by atoms with Gasteiger partial charge in [0.05, 0.1) is 38.1 Å². The highest BCUT2D eigenvalue weighted by Crippen LogP contribution is 2.24. The van der Waals surface area contributed by atoms with Crippen LogP contribution in [-0.4, -0.2) is 60.7 Å². The van der Waals surface area contributed by atoms with Gasteiger partial charge in [-0.3, -0.25) is 4.79 Å². The second-order valence-electron chi connectivity index (χ2n) is 6.42. The Balaban J connectivity index is 1.55. The maximum Gasteiger partial charge on any atom is 0.257 e. The third-order valence-corrected chi connectivity index (χ3v) is 4.85.